The third-order valence-corrected chi connectivity index (χ3v) is 13.4. The van der Waals surface area contributed by atoms with Crippen molar-refractivity contribution >= 4 is 45.2 Å². The summed E-state index contributed by atoms with van der Waals surface area (Å²) in [6.45, 7) is 0.799. The van der Waals surface area contributed by atoms with E-state index in [2.05, 4.69) is 262 Å². The summed E-state index contributed by atoms with van der Waals surface area (Å²) in [4.78, 5) is 2.74. The molecule has 0 aromatic heterocycles. The van der Waals surface area contributed by atoms with E-state index in [1.165, 1.54) is 33.4 Å². The van der Waals surface area contributed by atoms with Crippen LogP contribution in [0.25, 0.3) is 0 Å². The molecular weight excluding hydrogens is 948 g/mol. The normalized spacial score (nSPS) is 14.4. The van der Waals surface area contributed by atoms with Gasteiger partial charge >= 0.3 is 0 Å². The zero-order chi connectivity index (χ0) is 40.2. The van der Waals surface area contributed by atoms with E-state index < -0.39 is 11.1 Å². The number of phenolic OH excluding ortho intramolecular Hbond substituents is 1. The molecule has 0 saturated carbocycles. The SMILES string of the molecule is Oc1c(I)cc(C[C@@H]2c3ccc(OC(c4ccccc4)(c4ccccc4)c4ccccc4)cc3CCN2C(c2ccccc2)(c2ccccc2)c2ccccc2)cc1I. The van der Waals surface area contributed by atoms with Gasteiger partial charge in [-0.15, -0.1) is 0 Å². The van der Waals surface area contributed by atoms with Crippen molar-refractivity contribution in [3.63, 3.8) is 0 Å². The van der Waals surface area contributed by atoms with Crippen molar-refractivity contribution in [2.45, 2.75) is 30.0 Å². The van der Waals surface area contributed by atoms with Gasteiger partial charge in [0.15, 0.2) is 5.60 Å². The zero-order valence-electron chi connectivity index (χ0n) is 32.5. The van der Waals surface area contributed by atoms with Crippen LogP contribution in [0.3, 0.4) is 0 Å². The standard InChI is InChI=1S/C54H43I2NO2/c55-49-35-39(36-50(56)52(49)58)37-51-48-32-31-47(59-54(44-25-13-4-14-26-44,45-27-15-5-16-28-45)46-29-17-6-18-30-46)38-40(48)33-34-57(51)53(41-19-7-1-8-20-41,42-21-9-2-10-22-42)43-23-11-3-12-24-43/h1-32,35-36,38,51,58H,33-34,37H2/t51-/m1/s1. The van der Waals surface area contributed by atoms with Crippen molar-refractivity contribution in [3.8, 4) is 11.5 Å². The molecule has 0 aliphatic carbocycles. The predicted molar refractivity (Wildman–Crippen MR) is 256 cm³/mol. The number of nitrogens with zero attached hydrogens (tertiary/aromatic N) is 1. The molecule has 1 atom stereocenters. The summed E-state index contributed by atoms with van der Waals surface area (Å²) in [7, 11) is 0. The van der Waals surface area contributed by atoms with Gasteiger partial charge in [0.1, 0.15) is 11.5 Å². The first-order chi connectivity index (χ1) is 29.0. The summed E-state index contributed by atoms with van der Waals surface area (Å²) in [6, 6.07) is 75.8. The smallest absolute Gasteiger partial charge is 0.184 e. The van der Waals surface area contributed by atoms with Crippen LogP contribution in [-0.2, 0) is 24.0 Å². The Morgan fingerprint density at radius 1 is 0.508 bits per heavy atom. The fourth-order valence-electron chi connectivity index (χ4n) is 9.24. The van der Waals surface area contributed by atoms with Crippen LogP contribution < -0.4 is 4.74 Å². The Morgan fingerprint density at radius 2 is 0.898 bits per heavy atom. The molecular formula is C54H43I2NO2. The molecule has 0 spiro atoms. The highest BCUT2D eigenvalue weighted by Crippen LogP contribution is 2.50. The van der Waals surface area contributed by atoms with Crippen molar-refractivity contribution < 1.29 is 9.84 Å². The fourth-order valence-corrected chi connectivity index (χ4v) is 11.1. The lowest BCUT2D eigenvalue weighted by Gasteiger charge is -2.52. The van der Waals surface area contributed by atoms with Gasteiger partial charge in [-0.2, -0.15) is 0 Å². The lowest BCUT2D eigenvalue weighted by molar-refractivity contribution is 0.0873. The van der Waals surface area contributed by atoms with E-state index in [9.17, 15) is 5.11 Å². The predicted octanol–water partition coefficient (Wildman–Crippen LogP) is 13.1. The molecule has 5 heteroatoms. The minimum Gasteiger partial charge on any atom is -0.506 e. The second kappa shape index (κ2) is 17.2. The number of ether oxygens (including phenoxy) is 1. The van der Waals surface area contributed by atoms with Crippen molar-refractivity contribution in [2.75, 3.05) is 6.54 Å². The second-order valence-corrected chi connectivity index (χ2v) is 17.4. The first-order valence-corrected chi connectivity index (χ1v) is 22.2. The number of phenols is 1. The second-order valence-electron chi connectivity index (χ2n) is 15.1. The number of hydrogen-bond donors (Lipinski definition) is 1. The maximum atomic E-state index is 10.9. The van der Waals surface area contributed by atoms with E-state index in [-0.39, 0.29) is 6.04 Å². The molecule has 1 aliphatic rings. The van der Waals surface area contributed by atoms with Crippen LogP contribution in [0.1, 0.15) is 56.1 Å². The summed E-state index contributed by atoms with van der Waals surface area (Å²) < 4.78 is 9.20. The number of benzene rings is 8. The maximum Gasteiger partial charge on any atom is 0.184 e. The number of hydrogen-bond acceptors (Lipinski definition) is 3. The Kier molecular flexibility index (Phi) is 11.4. The van der Waals surface area contributed by atoms with E-state index in [0.29, 0.717) is 5.75 Å². The van der Waals surface area contributed by atoms with Crippen LogP contribution in [0.5, 0.6) is 11.5 Å². The van der Waals surface area contributed by atoms with Gasteiger partial charge < -0.3 is 9.84 Å². The third kappa shape index (κ3) is 7.38. The Morgan fingerprint density at radius 3 is 1.31 bits per heavy atom. The van der Waals surface area contributed by atoms with Crippen LogP contribution in [0, 0.1) is 7.14 Å². The van der Waals surface area contributed by atoms with Gasteiger partial charge in [0.2, 0.25) is 0 Å². The lowest BCUT2D eigenvalue weighted by atomic mass is 9.72. The summed E-state index contributed by atoms with van der Waals surface area (Å²) in [5, 5.41) is 10.9. The van der Waals surface area contributed by atoms with Gasteiger partial charge in [-0.3, -0.25) is 4.90 Å². The highest BCUT2D eigenvalue weighted by Gasteiger charge is 2.47. The largest absolute Gasteiger partial charge is 0.506 e. The molecule has 1 N–H and O–H groups in total. The van der Waals surface area contributed by atoms with Gasteiger partial charge in [0.25, 0.3) is 0 Å². The maximum absolute atomic E-state index is 10.9. The lowest BCUT2D eigenvalue weighted by Crippen LogP contribution is -2.53. The van der Waals surface area contributed by atoms with Crippen LogP contribution in [0.2, 0.25) is 0 Å². The van der Waals surface area contributed by atoms with Gasteiger partial charge in [0.05, 0.1) is 12.7 Å². The Bertz CT molecular complexity index is 2430. The fraction of sp³-hybridized carbons (Fsp3) is 0.111. The molecule has 8 aromatic rings. The van der Waals surface area contributed by atoms with E-state index in [0.717, 1.165) is 49.0 Å². The minimum absolute atomic E-state index is 0.0355. The molecule has 59 heavy (non-hydrogen) atoms. The molecule has 8 aromatic carbocycles. The quantitative estimate of drug-likeness (QED) is 0.104. The number of fused-ring (bicyclic) bond motifs is 1. The number of rotatable bonds is 11. The average molecular weight is 992 g/mol. The highest BCUT2D eigenvalue weighted by atomic mass is 127. The van der Waals surface area contributed by atoms with Crippen LogP contribution in [-0.4, -0.2) is 16.6 Å². The molecule has 0 saturated heterocycles. The molecule has 3 nitrogen and oxygen atoms in total. The number of aromatic hydroxyl groups is 1. The molecule has 0 amide bonds. The Balaban J connectivity index is 1.24. The molecule has 9 rings (SSSR count). The van der Waals surface area contributed by atoms with Crippen molar-refractivity contribution in [1.82, 2.24) is 4.90 Å². The zero-order valence-corrected chi connectivity index (χ0v) is 36.8. The van der Waals surface area contributed by atoms with Crippen molar-refractivity contribution in [3.05, 3.63) is 270 Å². The van der Waals surface area contributed by atoms with Gasteiger partial charge in [-0.1, -0.05) is 188 Å². The van der Waals surface area contributed by atoms with Crippen molar-refractivity contribution in [1.29, 1.82) is 0 Å². The van der Waals surface area contributed by atoms with E-state index in [1.54, 1.807) is 0 Å². The first-order valence-electron chi connectivity index (χ1n) is 20.1. The molecule has 0 radical (unpaired) electrons. The summed E-state index contributed by atoms with van der Waals surface area (Å²) in [6.07, 6.45) is 1.58. The summed E-state index contributed by atoms with van der Waals surface area (Å²) in [5.74, 6) is 1.16. The van der Waals surface area contributed by atoms with E-state index in [4.69, 9.17) is 4.74 Å². The van der Waals surface area contributed by atoms with E-state index in [1.807, 2.05) is 0 Å². The minimum atomic E-state index is -0.888. The van der Waals surface area contributed by atoms with E-state index >= 15 is 0 Å². The van der Waals surface area contributed by atoms with Crippen LogP contribution >= 0.6 is 45.2 Å². The monoisotopic (exact) mass is 991 g/mol. The summed E-state index contributed by atoms with van der Waals surface area (Å²) in [5.41, 5.74) is 9.09. The average Bonchev–Trinajstić information content (AvgIpc) is 3.30. The van der Waals surface area contributed by atoms with Gasteiger partial charge in [0, 0.05) is 29.3 Å². The third-order valence-electron chi connectivity index (χ3n) is 11.8. The van der Waals surface area contributed by atoms with Crippen LogP contribution in [0.15, 0.2) is 212 Å². The van der Waals surface area contributed by atoms with Crippen LogP contribution in [0.4, 0.5) is 0 Å². The van der Waals surface area contributed by atoms with Gasteiger partial charge in [-0.25, -0.2) is 0 Å². The topological polar surface area (TPSA) is 32.7 Å². The molecule has 1 aliphatic heterocycles. The molecule has 0 fully saturated rings. The Hall–Kier alpha value is -5.22. The molecule has 1 heterocycles. The molecule has 0 bridgehead atoms. The van der Waals surface area contributed by atoms with Gasteiger partial charge in [-0.05, 0) is 116 Å². The molecule has 0 unspecified atom stereocenters. The van der Waals surface area contributed by atoms with Crippen molar-refractivity contribution in [2.24, 2.45) is 0 Å². The highest BCUT2D eigenvalue weighted by molar-refractivity contribution is 14.1. The first kappa shape index (κ1) is 39.3. The molecule has 290 valence electrons. The summed E-state index contributed by atoms with van der Waals surface area (Å²) >= 11 is 4.53. The Labute approximate surface area is 374 Å². The number of halogens is 2.